The van der Waals surface area contributed by atoms with Crippen LogP contribution in [0.2, 0.25) is 0 Å². The SMILES string of the molecule is CCOc1c(F)cccc1C(=O)N1CCC2(CC1)Oc1ccccc1-n1c(C#N)ccc12. The largest absolute Gasteiger partial charge is 0.490 e. The molecule has 7 heteroatoms. The van der Waals surface area contributed by atoms with Gasteiger partial charge in [0.05, 0.1) is 23.6 Å². The minimum absolute atomic E-state index is 0.00401. The van der Waals surface area contributed by atoms with Crippen LogP contribution in [0, 0.1) is 17.1 Å². The van der Waals surface area contributed by atoms with E-state index < -0.39 is 11.4 Å². The van der Waals surface area contributed by atoms with Gasteiger partial charge in [-0.2, -0.15) is 5.26 Å². The highest BCUT2D eigenvalue weighted by Crippen LogP contribution is 2.46. The van der Waals surface area contributed by atoms with E-state index in [1.54, 1.807) is 24.0 Å². The number of aromatic nitrogens is 1. The van der Waals surface area contributed by atoms with Crippen molar-refractivity contribution in [3.8, 4) is 23.3 Å². The van der Waals surface area contributed by atoms with Crippen molar-refractivity contribution in [1.29, 1.82) is 5.26 Å². The van der Waals surface area contributed by atoms with Gasteiger partial charge in [-0.1, -0.05) is 18.2 Å². The summed E-state index contributed by atoms with van der Waals surface area (Å²) in [4.78, 5) is 14.9. The molecule has 0 saturated carbocycles. The first kappa shape index (κ1) is 20.1. The number of hydrogen-bond donors (Lipinski definition) is 0. The summed E-state index contributed by atoms with van der Waals surface area (Å²) in [5.41, 5.74) is 1.91. The molecule has 1 fully saturated rings. The first-order valence-corrected chi connectivity index (χ1v) is 10.7. The Bertz CT molecular complexity index is 1240. The number of carbonyl (C=O) groups is 1. The third-order valence-corrected chi connectivity index (χ3v) is 6.22. The van der Waals surface area contributed by atoms with Crippen molar-refractivity contribution >= 4 is 5.91 Å². The van der Waals surface area contributed by atoms with Gasteiger partial charge >= 0.3 is 0 Å². The van der Waals surface area contributed by atoms with Crippen molar-refractivity contribution in [2.75, 3.05) is 19.7 Å². The molecule has 1 saturated heterocycles. The van der Waals surface area contributed by atoms with E-state index in [0.717, 1.165) is 17.1 Å². The number of amides is 1. The number of halogens is 1. The van der Waals surface area contributed by atoms with Crippen LogP contribution in [0.4, 0.5) is 4.39 Å². The summed E-state index contributed by atoms with van der Waals surface area (Å²) >= 11 is 0. The van der Waals surface area contributed by atoms with Gasteiger partial charge in [0, 0.05) is 25.9 Å². The Hall–Kier alpha value is -3.79. The number of rotatable bonds is 3. The molecule has 0 unspecified atom stereocenters. The summed E-state index contributed by atoms with van der Waals surface area (Å²) in [6.07, 6.45) is 1.11. The predicted molar refractivity (Wildman–Crippen MR) is 115 cm³/mol. The molecule has 1 spiro atoms. The quantitative estimate of drug-likeness (QED) is 0.616. The third kappa shape index (κ3) is 3.02. The summed E-state index contributed by atoms with van der Waals surface area (Å²) in [5.74, 6) is -0.0840. The molecule has 2 aliphatic rings. The minimum Gasteiger partial charge on any atom is -0.490 e. The highest BCUT2D eigenvalue weighted by molar-refractivity contribution is 5.97. The van der Waals surface area contributed by atoms with E-state index in [0.29, 0.717) is 31.6 Å². The van der Waals surface area contributed by atoms with Crippen molar-refractivity contribution in [2.45, 2.75) is 25.4 Å². The fourth-order valence-electron chi connectivity index (χ4n) is 4.70. The Morgan fingerprint density at radius 2 is 1.94 bits per heavy atom. The number of likely N-dealkylation sites (tertiary alicyclic amines) is 1. The van der Waals surface area contributed by atoms with Crippen LogP contribution in [-0.4, -0.2) is 35.1 Å². The Morgan fingerprint density at radius 3 is 2.69 bits per heavy atom. The monoisotopic (exact) mass is 431 g/mol. The zero-order chi connectivity index (χ0) is 22.3. The van der Waals surface area contributed by atoms with E-state index in [1.807, 2.05) is 34.9 Å². The van der Waals surface area contributed by atoms with Crippen LogP contribution >= 0.6 is 0 Å². The minimum atomic E-state index is -0.634. The molecule has 0 radical (unpaired) electrons. The lowest BCUT2D eigenvalue weighted by molar-refractivity contribution is -0.00946. The standard InChI is InChI=1S/C25H22FN3O3/c1-2-31-23-18(6-5-7-19(23)26)24(30)28-14-12-25(13-15-28)22-11-10-17(16-27)29(22)20-8-3-4-9-21(20)32-25/h3-11H,2,12-15H2,1H3. The maximum atomic E-state index is 14.2. The highest BCUT2D eigenvalue weighted by Gasteiger charge is 2.45. The normalized spacial score (nSPS) is 16.0. The van der Waals surface area contributed by atoms with Crippen molar-refractivity contribution < 1.29 is 18.7 Å². The molecule has 1 amide bonds. The molecule has 162 valence electrons. The zero-order valence-corrected chi connectivity index (χ0v) is 17.7. The Morgan fingerprint density at radius 1 is 1.16 bits per heavy atom. The second-order valence-corrected chi connectivity index (χ2v) is 7.96. The third-order valence-electron chi connectivity index (χ3n) is 6.22. The number of nitrogens with zero attached hydrogens (tertiary/aromatic N) is 3. The molecule has 0 bridgehead atoms. The summed E-state index contributed by atoms with van der Waals surface area (Å²) in [6.45, 7) is 2.91. The molecule has 0 atom stereocenters. The van der Waals surface area contributed by atoms with E-state index in [4.69, 9.17) is 9.47 Å². The maximum absolute atomic E-state index is 14.2. The molecular weight excluding hydrogens is 409 g/mol. The molecule has 1 aromatic heterocycles. The second kappa shape index (κ2) is 7.72. The fraction of sp³-hybridized carbons (Fsp3) is 0.280. The number of ether oxygens (including phenoxy) is 2. The molecule has 32 heavy (non-hydrogen) atoms. The van der Waals surface area contributed by atoms with Gasteiger partial charge in [0.2, 0.25) is 0 Å². The average Bonchev–Trinajstić information content (AvgIpc) is 3.26. The summed E-state index contributed by atoms with van der Waals surface area (Å²) < 4.78 is 28.1. The van der Waals surface area contributed by atoms with E-state index in [9.17, 15) is 14.4 Å². The number of nitriles is 1. The summed E-state index contributed by atoms with van der Waals surface area (Å²) in [6, 6.07) is 18.1. The van der Waals surface area contributed by atoms with Gasteiger partial charge in [0.15, 0.2) is 17.2 Å². The Kier molecular flexibility index (Phi) is 4.86. The topological polar surface area (TPSA) is 67.5 Å². The fourth-order valence-corrected chi connectivity index (χ4v) is 4.70. The Balaban J connectivity index is 1.44. The van der Waals surface area contributed by atoms with Crippen molar-refractivity contribution in [1.82, 2.24) is 9.47 Å². The first-order valence-electron chi connectivity index (χ1n) is 10.7. The van der Waals surface area contributed by atoms with E-state index in [-0.39, 0.29) is 23.8 Å². The number of carbonyl (C=O) groups excluding carboxylic acids is 1. The maximum Gasteiger partial charge on any atom is 0.257 e. The van der Waals surface area contributed by atoms with Gasteiger partial charge in [0.25, 0.3) is 5.91 Å². The van der Waals surface area contributed by atoms with Gasteiger partial charge < -0.3 is 14.4 Å². The lowest BCUT2D eigenvalue weighted by Crippen LogP contribution is -2.50. The number of piperidine rings is 1. The zero-order valence-electron chi connectivity index (χ0n) is 17.7. The van der Waals surface area contributed by atoms with Crippen LogP contribution < -0.4 is 9.47 Å². The molecule has 2 aromatic carbocycles. The van der Waals surface area contributed by atoms with Gasteiger partial charge in [0.1, 0.15) is 17.5 Å². The average molecular weight is 431 g/mol. The molecule has 0 N–H and O–H groups in total. The van der Waals surface area contributed by atoms with E-state index in [2.05, 4.69) is 6.07 Å². The van der Waals surface area contributed by atoms with Crippen molar-refractivity contribution in [3.63, 3.8) is 0 Å². The van der Waals surface area contributed by atoms with Crippen LogP contribution in [0.5, 0.6) is 11.5 Å². The lowest BCUT2D eigenvalue weighted by atomic mass is 9.86. The molecule has 6 nitrogen and oxygen atoms in total. The van der Waals surface area contributed by atoms with Crippen molar-refractivity contribution in [3.05, 3.63) is 77.4 Å². The summed E-state index contributed by atoms with van der Waals surface area (Å²) in [5, 5.41) is 9.62. The number of fused-ring (bicyclic) bond motifs is 4. The highest BCUT2D eigenvalue weighted by atomic mass is 19.1. The first-order chi connectivity index (χ1) is 15.6. The summed E-state index contributed by atoms with van der Waals surface area (Å²) in [7, 11) is 0. The number of para-hydroxylation sites is 3. The van der Waals surface area contributed by atoms with E-state index >= 15 is 0 Å². The molecule has 0 aliphatic carbocycles. The van der Waals surface area contributed by atoms with Crippen LogP contribution in [0.25, 0.3) is 5.69 Å². The number of hydrogen-bond acceptors (Lipinski definition) is 4. The lowest BCUT2D eigenvalue weighted by Gasteiger charge is -2.45. The number of benzene rings is 2. The predicted octanol–water partition coefficient (Wildman–Crippen LogP) is 4.41. The molecular formula is C25H22FN3O3. The van der Waals surface area contributed by atoms with Gasteiger partial charge in [-0.05, 0) is 43.3 Å². The Labute approximate surface area is 185 Å². The van der Waals surface area contributed by atoms with E-state index in [1.165, 1.54) is 12.1 Å². The molecule has 2 aliphatic heterocycles. The van der Waals surface area contributed by atoms with Crippen molar-refractivity contribution in [2.24, 2.45) is 0 Å². The molecule has 5 rings (SSSR count). The second-order valence-electron chi connectivity index (χ2n) is 7.96. The van der Waals surface area contributed by atoms with Crippen LogP contribution in [0.1, 0.15) is 41.5 Å². The van der Waals surface area contributed by atoms with Gasteiger partial charge in [-0.25, -0.2) is 4.39 Å². The van der Waals surface area contributed by atoms with Crippen LogP contribution in [0.3, 0.4) is 0 Å². The molecule has 3 heterocycles. The van der Waals surface area contributed by atoms with Gasteiger partial charge in [-0.15, -0.1) is 0 Å². The van der Waals surface area contributed by atoms with Gasteiger partial charge in [-0.3, -0.25) is 9.36 Å². The van der Waals surface area contributed by atoms with Crippen LogP contribution in [0.15, 0.2) is 54.6 Å². The molecule has 3 aromatic rings. The smallest absolute Gasteiger partial charge is 0.257 e. The van der Waals surface area contributed by atoms with Crippen LogP contribution in [-0.2, 0) is 5.60 Å².